The number of rotatable bonds is 14. The second kappa shape index (κ2) is 33.2. The molecule has 6 aromatic rings. The molecular weight excluding hydrogens is 847 g/mol. The second-order valence-corrected chi connectivity index (χ2v) is 14.9. The number of aromatic nitrogens is 4. The third-order valence-electron chi connectivity index (χ3n) is 9.52. The largest absolute Gasteiger partial charge is 0.346 e. The standard InChI is InChI=1S/C23H23N3OS.C12H14N2O.C9H7N3S.C6H15N.2CH4/c1-17-4-6-18(7-5-17)8-11-22(27)24-14-2-3-20(28)10-9-19-12-15-25-23-21(19)13-16-26-23;1-10-2-4-11(5-3-10)6-7-12(15)14-9-8-13;13-6-10-5-7-1-3-11-9-8(7)2-4-12-9;1-4-7(5-2)6-3;;/h4-7,12-13,15-16H,2-3,9-10,14H2,1H3,(H,24,27)(H,25,26);2-5H,8-9,13H2,1H3,(H,14,15);1-4H,5H2,(H,11,12);4-6H2,1-3H3;2*1H4/i;;;;1D;. The number of carbonyl (C=O) groups excluding carboxylic acids is 2. The summed E-state index contributed by atoms with van der Waals surface area (Å²) < 4.78 is 5.75. The Morgan fingerprint density at radius 1 is 0.738 bits per heavy atom. The van der Waals surface area contributed by atoms with E-state index < -0.39 is 0 Å². The number of nitrogens with two attached hydrogens (primary N) is 1. The fourth-order valence-electron chi connectivity index (χ4n) is 5.87. The molecule has 0 bridgehead atoms. The first-order valence-electron chi connectivity index (χ1n) is 22.1. The highest BCUT2D eigenvalue weighted by Gasteiger charge is 2.05. The summed E-state index contributed by atoms with van der Waals surface area (Å²) in [5, 5.41) is 10.0. The summed E-state index contributed by atoms with van der Waals surface area (Å²) in [6.07, 6.45) is 10.8. The van der Waals surface area contributed by atoms with Gasteiger partial charge in [-0.3, -0.25) is 9.59 Å². The van der Waals surface area contributed by atoms with Gasteiger partial charge in [-0.05, 0) is 136 Å². The van der Waals surface area contributed by atoms with Crippen LogP contribution in [0.1, 0.15) is 89.6 Å². The third-order valence-corrected chi connectivity index (χ3v) is 10.1. The number of benzene rings is 2. The van der Waals surface area contributed by atoms with Crippen LogP contribution < -0.4 is 16.4 Å². The van der Waals surface area contributed by atoms with E-state index in [4.69, 9.17) is 19.3 Å². The number of nitrogens with zero attached hydrogens (tertiary/aromatic N) is 4. The highest BCUT2D eigenvalue weighted by Crippen LogP contribution is 2.18. The van der Waals surface area contributed by atoms with Gasteiger partial charge in [0.2, 0.25) is 0 Å². The third kappa shape index (κ3) is 22.2. The van der Waals surface area contributed by atoms with Gasteiger partial charge in [0.1, 0.15) is 11.3 Å². The van der Waals surface area contributed by atoms with Crippen LogP contribution in [0.5, 0.6) is 0 Å². The van der Waals surface area contributed by atoms with Crippen molar-refractivity contribution in [2.75, 3.05) is 39.3 Å². The average Bonchev–Trinajstić information content (AvgIpc) is 4.04. The van der Waals surface area contributed by atoms with Gasteiger partial charge in [-0.25, -0.2) is 15.0 Å². The molecule has 0 unspecified atom stereocenters. The molecule has 0 aliphatic rings. The Labute approximate surface area is 399 Å². The maximum atomic E-state index is 11.8. The number of isothiocyanates is 1. The van der Waals surface area contributed by atoms with Crippen molar-refractivity contribution in [3.8, 4) is 23.7 Å². The maximum absolute atomic E-state index is 11.8. The molecule has 0 spiro atoms. The van der Waals surface area contributed by atoms with Gasteiger partial charge in [-0.1, -0.05) is 95.1 Å². The minimum Gasteiger partial charge on any atom is -0.346 e. The lowest BCUT2D eigenvalue weighted by Crippen LogP contribution is -2.27. The molecule has 4 aromatic heterocycles. The number of hydrogen-bond acceptors (Lipinski definition) is 9. The molecule has 0 saturated heterocycles. The van der Waals surface area contributed by atoms with Crippen molar-refractivity contribution >= 4 is 68.3 Å². The summed E-state index contributed by atoms with van der Waals surface area (Å²) in [4.78, 5) is 44.8. The van der Waals surface area contributed by atoms with Crippen LogP contribution in [0.4, 0.5) is 0 Å². The van der Waals surface area contributed by atoms with Gasteiger partial charge < -0.3 is 31.2 Å². The molecule has 6 rings (SSSR count). The number of fused-ring (bicyclic) bond motifs is 2. The molecule has 4 heterocycles. The van der Waals surface area contributed by atoms with Gasteiger partial charge in [0.15, 0.2) is 0 Å². The molecule has 65 heavy (non-hydrogen) atoms. The van der Waals surface area contributed by atoms with E-state index in [1.165, 1.54) is 43.7 Å². The molecule has 0 saturated carbocycles. The zero-order valence-electron chi connectivity index (χ0n) is 39.0. The Morgan fingerprint density at radius 3 is 1.68 bits per heavy atom. The predicted molar refractivity (Wildman–Crippen MR) is 279 cm³/mol. The zero-order chi connectivity index (χ0) is 47.7. The van der Waals surface area contributed by atoms with Gasteiger partial charge in [0, 0.05) is 79.5 Å². The molecule has 344 valence electrons. The molecule has 13 heteroatoms. The first-order valence-corrected chi connectivity index (χ1v) is 21.9. The van der Waals surface area contributed by atoms with Crippen LogP contribution in [-0.2, 0) is 22.6 Å². The van der Waals surface area contributed by atoms with E-state index in [1.54, 1.807) is 6.20 Å². The number of nitrogens with one attached hydrogen (secondary N) is 4. The fraction of sp³-hybridized carbons (Fsp3) is 0.346. The Bertz CT molecular complexity index is 2500. The van der Waals surface area contributed by atoms with Crippen LogP contribution in [-0.4, -0.2) is 85.9 Å². The first kappa shape index (κ1) is 54.8. The highest BCUT2D eigenvalue weighted by atomic mass is 32.1. The number of amides is 2. The first-order chi connectivity index (χ1) is 31.6. The minimum atomic E-state index is -0.291. The van der Waals surface area contributed by atoms with Crippen molar-refractivity contribution in [3.63, 3.8) is 0 Å². The normalized spacial score (nSPS) is 9.69. The molecule has 0 aliphatic heterocycles. The van der Waals surface area contributed by atoms with E-state index in [2.05, 4.69) is 102 Å². The lowest BCUT2D eigenvalue weighted by atomic mass is 10.0. The summed E-state index contributed by atoms with van der Waals surface area (Å²) in [5.74, 6) is 10.2. The van der Waals surface area contributed by atoms with Crippen LogP contribution in [0, 0.1) is 37.5 Å². The van der Waals surface area contributed by atoms with Crippen molar-refractivity contribution in [3.05, 3.63) is 131 Å². The van der Waals surface area contributed by atoms with Crippen molar-refractivity contribution in [2.24, 2.45) is 10.7 Å². The molecule has 0 aliphatic carbocycles. The van der Waals surface area contributed by atoms with Gasteiger partial charge >= 0.3 is 0 Å². The Balaban J connectivity index is 0.000000483. The maximum Gasteiger partial charge on any atom is 0.296 e. The minimum absolute atomic E-state index is 0. The van der Waals surface area contributed by atoms with Crippen LogP contribution >= 0.6 is 24.4 Å². The number of pyridine rings is 2. The number of aromatic amines is 2. The Hall–Kier alpha value is -6.31. The summed E-state index contributed by atoms with van der Waals surface area (Å²) in [6.45, 7) is 16.2. The van der Waals surface area contributed by atoms with E-state index in [0.717, 1.165) is 69.3 Å². The Kier molecular flexibility index (Phi) is 28.0. The quantitative estimate of drug-likeness (QED) is 0.0313. The number of aliphatic imine (C=N–C) groups is 1. The fourth-order valence-corrected chi connectivity index (χ4v) is 6.18. The van der Waals surface area contributed by atoms with Gasteiger partial charge in [-0.15, -0.1) is 0 Å². The van der Waals surface area contributed by atoms with Crippen LogP contribution in [0.15, 0.2) is 103 Å². The molecule has 0 radical (unpaired) electrons. The number of carbonyl (C=O) groups is 2. The van der Waals surface area contributed by atoms with Gasteiger partial charge in [0.05, 0.1) is 11.7 Å². The number of thiocarbonyl (C=S) groups is 2. The van der Waals surface area contributed by atoms with Crippen LogP contribution in [0.2, 0.25) is 0 Å². The van der Waals surface area contributed by atoms with Gasteiger partial charge in [-0.2, -0.15) is 0 Å². The van der Waals surface area contributed by atoms with E-state index in [9.17, 15) is 9.59 Å². The Morgan fingerprint density at radius 2 is 1.22 bits per heavy atom. The summed E-state index contributed by atoms with van der Waals surface area (Å²) >= 11 is 10.0. The number of aryl methyl sites for hydroxylation is 3. The molecular formula is C52H67N9O2S2. The van der Waals surface area contributed by atoms with Crippen molar-refractivity contribution in [2.45, 2.75) is 81.7 Å². The molecule has 2 aromatic carbocycles. The number of hydrogen-bond donors (Lipinski definition) is 5. The van der Waals surface area contributed by atoms with Crippen molar-refractivity contribution in [1.82, 2.24) is 35.5 Å². The SMILES string of the molecule is C.CCN(CC)CC.Cc1ccc(C#CC(=O)NCCCC(=S)CCc2ccnc3[nH]ccc23)cc1.Cc1ccc(C#CC(=O)NCCN)cc1.S=C=NCc1ccnc2[nH]ccc12.[2H]C. The topological polar surface area (TPSA) is 157 Å². The van der Waals surface area contributed by atoms with E-state index in [-0.39, 0.29) is 19.2 Å². The predicted octanol–water partition coefficient (Wildman–Crippen LogP) is 9.33. The van der Waals surface area contributed by atoms with E-state index in [1.807, 2.05) is 105 Å². The molecule has 0 fully saturated rings. The van der Waals surface area contributed by atoms with E-state index in [0.29, 0.717) is 26.2 Å². The summed E-state index contributed by atoms with van der Waals surface area (Å²) in [5.41, 5.74) is 13.4. The second-order valence-electron chi connectivity index (χ2n) is 14.1. The smallest absolute Gasteiger partial charge is 0.296 e. The lowest BCUT2D eigenvalue weighted by Gasteiger charge is -2.13. The van der Waals surface area contributed by atoms with Crippen molar-refractivity contribution in [1.29, 1.82) is 0 Å². The van der Waals surface area contributed by atoms with E-state index >= 15 is 0 Å². The van der Waals surface area contributed by atoms with Crippen LogP contribution in [0.3, 0.4) is 0 Å². The van der Waals surface area contributed by atoms with Crippen molar-refractivity contribution < 1.29 is 11.0 Å². The molecule has 11 nitrogen and oxygen atoms in total. The highest BCUT2D eigenvalue weighted by molar-refractivity contribution is 7.80. The monoisotopic (exact) mass is 914 g/mol. The average molecular weight is 915 g/mol. The summed E-state index contributed by atoms with van der Waals surface area (Å²) in [6, 6.07) is 23.5. The van der Waals surface area contributed by atoms with Gasteiger partial charge in [0.25, 0.3) is 11.8 Å². The number of H-pyrrole nitrogens is 2. The molecule has 0 atom stereocenters. The van der Waals surface area contributed by atoms with Crippen LogP contribution in [0.25, 0.3) is 22.1 Å². The lowest BCUT2D eigenvalue weighted by molar-refractivity contribution is -0.116. The zero-order valence-corrected chi connectivity index (χ0v) is 39.6. The summed E-state index contributed by atoms with van der Waals surface area (Å²) in [7, 11) is 1.25. The molecule has 6 N–H and O–H groups in total. The molecule has 2 amide bonds.